The number of rotatable bonds is 3. The van der Waals surface area contributed by atoms with E-state index in [9.17, 15) is 22.8 Å². The second-order valence-electron chi connectivity index (χ2n) is 10.7. The van der Waals surface area contributed by atoms with E-state index in [4.69, 9.17) is 0 Å². The third kappa shape index (κ3) is 4.60. The Morgan fingerprint density at radius 3 is 2.11 bits per heavy atom. The highest BCUT2D eigenvalue weighted by Gasteiger charge is 2.42. The van der Waals surface area contributed by atoms with Gasteiger partial charge in [-0.05, 0) is 82.0 Å². The van der Waals surface area contributed by atoms with Gasteiger partial charge in [0.15, 0.2) is 0 Å². The summed E-state index contributed by atoms with van der Waals surface area (Å²) >= 11 is 0.744. The zero-order chi connectivity index (χ0) is 25.9. The van der Waals surface area contributed by atoms with Gasteiger partial charge in [-0.2, -0.15) is 13.2 Å². The first kappa shape index (κ1) is 25.4. The molecule has 0 radical (unpaired) electrons. The van der Waals surface area contributed by atoms with Crippen molar-refractivity contribution in [3.05, 3.63) is 57.5 Å². The van der Waals surface area contributed by atoms with E-state index in [-0.39, 0.29) is 21.3 Å². The highest BCUT2D eigenvalue weighted by Crippen LogP contribution is 2.51. The van der Waals surface area contributed by atoms with Gasteiger partial charge in [-0.25, -0.2) is 0 Å². The molecule has 0 saturated carbocycles. The number of anilines is 1. The summed E-state index contributed by atoms with van der Waals surface area (Å²) in [7, 11) is 3.55. The van der Waals surface area contributed by atoms with Gasteiger partial charge in [-0.15, -0.1) is 0 Å². The number of halogens is 3. The molecule has 4 rings (SSSR count). The number of nitrogens with one attached hydrogen (secondary N) is 1. The maximum atomic E-state index is 14.6. The van der Waals surface area contributed by atoms with Gasteiger partial charge in [0.05, 0.1) is 10.5 Å². The number of benzene rings is 2. The summed E-state index contributed by atoms with van der Waals surface area (Å²) in [5.41, 5.74) is 1.76. The summed E-state index contributed by atoms with van der Waals surface area (Å²) in [6.45, 7) is 8.14. The Bertz CT molecular complexity index is 1260. The van der Waals surface area contributed by atoms with E-state index in [1.165, 1.54) is 12.1 Å². The molecular weight excluding hydrogens is 473 g/mol. The first-order chi connectivity index (χ1) is 16.1. The lowest BCUT2D eigenvalue weighted by Crippen LogP contribution is -2.34. The van der Waals surface area contributed by atoms with E-state index >= 15 is 0 Å². The molecule has 35 heavy (non-hydrogen) atoms. The van der Waals surface area contributed by atoms with Crippen LogP contribution in [0.1, 0.15) is 62.8 Å². The number of amides is 2. The fourth-order valence-corrected chi connectivity index (χ4v) is 5.63. The van der Waals surface area contributed by atoms with E-state index in [2.05, 4.69) is 19.2 Å². The van der Waals surface area contributed by atoms with Crippen molar-refractivity contribution in [1.29, 1.82) is 0 Å². The predicted molar refractivity (Wildman–Crippen MR) is 136 cm³/mol. The summed E-state index contributed by atoms with van der Waals surface area (Å²) in [5.74, 6) is -0.550. The van der Waals surface area contributed by atoms with E-state index < -0.39 is 22.9 Å². The van der Waals surface area contributed by atoms with Gasteiger partial charge in [0.1, 0.15) is 0 Å². The number of carbonyl (C=O) groups excluding carboxylic acids is 2. The molecule has 0 spiro atoms. The summed E-state index contributed by atoms with van der Waals surface area (Å²) in [6, 6.07) is 8.22. The summed E-state index contributed by atoms with van der Waals surface area (Å²) in [5, 5.41) is 1.71. The van der Waals surface area contributed by atoms with Crippen molar-refractivity contribution in [2.24, 2.45) is 0 Å². The van der Waals surface area contributed by atoms with Crippen molar-refractivity contribution in [3.63, 3.8) is 0 Å². The first-order valence-electron chi connectivity index (χ1n) is 11.4. The van der Waals surface area contributed by atoms with E-state index in [1.807, 2.05) is 13.8 Å². The van der Waals surface area contributed by atoms with Gasteiger partial charge < -0.3 is 4.90 Å². The third-order valence-corrected chi connectivity index (χ3v) is 7.86. The van der Waals surface area contributed by atoms with Crippen molar-refractivity contribution in [1.82, 2.24) is 5.32 Å². The Morgan fingerprint density at radius 1 is 1.00 bits per heavy atom. The number of hydrogen-bond donors (Lipinski definition) is 1. The molecule has 2 amide bonds. The minimum Gasteiger partial charge on any atom is -0.377 e. The van der Waals surface area contributed by atoms with Crippen LogP contribution in [0.5, 0.6) is 0 Å². The SMILES string of the molecule is CN(C)c1cccc(C=C2SC(=O)NC2=O)c1-c1cc2c(cc1C(F)(F)F)C(C)(C)CCC2(C)C. The number of hydrogen-bond acceptors (Lipinski definition) is 4. The second kappa shape index (κ2) is 8.43. The highest BCUT2D eigenvalue weighted by molar-refractivity contribution is 8.18. The topological polar surface area (TPSA) is 49.4 Å². The molecule has 186 valence electrons. The van der Waals surface area contributed by atoms with Crippen molar-refractivity contribution in [2.45, 2.75) is 57.5 Å². The van der Waals surface area contributed by atoms with Crippen molar-refractivity contribution in [2.75, 3.05) is 19.0 Å². The zero-order valence-electron chi connectivity index (χ0n) is 20.7. The fraction of sp³-hybridized carbons (Fsp3) is 0.407. The van der Waals surface area contributed by atoms with Crippen LogP contribution in [0.4, 0.5) is 23.7 Å². The van der Waals surface area contributed by atoms with Gasteiger partial charge in [0.25, 0.3) is 11.1 Å². The standard InChI is InChI=1S/C27H29F3N2O2S/c1-25(2)10-11-26(3,4)19-14-17(27(28,29)30)16(13-18(19)25)22-15(8-7-9-20(22)32(5)6)12-21-23(33)31-24(34)35-21/h7-9,12-14H,10-11H2,1-6H3,(H,31,33,34). The van der Waals surface area contributed by atoms with Crippen LogP contribution < -0.4 is 10.2 Å². The Morgan fingerprint density at radius 2 is 1.60 bits per heavy atom. The molecule has 0 aromatic heterocycles. The largest absolute Gasteiger partial charge is 0.417 e. The second-order valence-corrected chi connectivity index (χ2v) is 11.7. The average Bonchev–Trinajstić information content (AvgIpc) is 3.06. The molecule has 4 nitrogen and oxygen atoms in total. The molecular formula is C27H29F3N2O2S. The Labute approximate surface area is 208 Å². The highest BCUT2D eigenvalue weighted by atomic mass is 32.2. The van der Waals surface area contributed by atoms with Crippen molar-refractivity contribution in [3.8, 4) is 11.1 Å². The van der Waals surface area contributed by atoms with Crippen molar-refractivity contribution < 1.29 is 22.8 Å². The monoisotopic (exact) mass is 502 g/mol. The quantitative estimate of drug-likeness (QED) is 0.455. The molecule has 1 aliphatic heterocycles. The Balaban J connectivity index is 2.09. The summed E-state index contributed by atoms with van der Waals surface area (Å²) < 4.78 is 43.8. The lowest BCUT2D eigenvalue weighted by molar-refractivity contribution is -0.137. The predicted octanol–water partition coefficient (Wildman–Crippen LogP) is 7.11. The van der Waals surface area contributed by atoms with Crippen LogP contribution in [0.3, 0.4) is 0 Å². The summed E-state index contributed by atoms with van der Waals surface area (Å²) in [6.07, 6.45) is -1.41. The molecule has 8 heteroatoms. The molecule has 1 saturated heterocycles. The molecule has 0 bridgehead atoms. The number of nitrogens with zero attached hydrogens (tertiary/aromatic N) is 1. The number of thioether (sulfide) groups is 1. The van der Waals surface area contributed by atoms with Crippen LogP contribution in [0, 0.1) is 0 Å². The Hall–Kier alpha value is -2.74. The molecule has 2 aliphatic rings. The maximum Gasteiger partial charge on any atom is 0.417 e. The van der Waals surface area contributed by atoms with Crippen LogP contribution >= 0.6 is 11.8 Å². The molecule has 1 fully saturated rings. The molecule has 1 N–H and O–H groups in total. The van der Waals surface area contributed by atoms with Crippen LogP contribution in [0.15, 0.2) is 35.2 Å². The lowest BCUT2D eigenvalue weighted by Gasteiger charge is -2.42. The van der Waals surface area contributed by atoms with Gasteiger partial charge >= 0.3 is 6.18 Å². The fourth-order valence-electron chi connectivity index (χ4n) is 4.96. The normalized spacial score (nSPS) is 20.1. The minimum absolute atomic E-state index is 0.0768. The van der Waals surface area contributed by atoms with Gasteiger partial charge in [-0.3, -0.25) is 14.9 Å². The molecule has 2 aromatic carbocycles. The smallest absolute Gasteiger partial charge is 0.377 e. The van der Waals surface area contributed by atoms with Gasteiger partial charge in [0.2, 0.25) is 0 Å². The number of alkyl halides is 3. The van der Waals surface area contributed by atoms with E-state index in [0.717, 1.165) is 35.7 Å². The number of fused-ring (bicyclic) bond motifs is 1. The summed E-state index contributed by atoms with van der Waals surface area (Å²) in [4.78, 5) is 25.8. The van der Waals surface area contributed by atoms with Gasteiger partial charge in [-0.1, -0.05) is 39.8 Å². The molecule has 2 aromatic rings. The zero-order valence-corrected chi connectivity index (χ0v) is 21.5. The number of carbonyl (C=O) groups is 2. The molecule has 1 aliphatic carbocycles. The maximum absolute atomic E-state index is 14.6. The van der Waals surface area contributed by atoms with Gasteiger partial charge in [0, 0.05) is 25.3 Å². The van der Waals surface area contributed by atoms with E-state index in [0.29, 0.717) is 16.8 Å². The first-order valence-corrected chi connectivity index (χ1v) is 12.3. The molecule has 0 atom stereocenters. The average molecular weight is 503 g/mol. The lowest BCUT2D eigenvalue weighted by atomic mass is 9.62. The molecule has 0 unspecified atom stereocenters. The number of imide groups is 1. The van der Waals surface area contributed by atoms with Crippen LogP contribution in [-0.2, 0) is 21.8 Å². The minimum atomic E-state index is -4.58. The van der Waals surface area contributed by atoms with Crippen LogP contribution in [0.25, 0.3) is 17.2 Å². The molecule has 1 heterocycles. The Kier molecular flexibility index (Phi) is 6.11. The van der Waals surface area contributed by atoms with Crippen LogP contribution in [0.2, 0.25) is 0 Å². The van der Waals surface area contributed by atoms with Crippen LogP contribution in [-0.4, -0.2) is 25.2 Å². The third-order valence-electron chi connectivity index (χ3n) is 7.05. The van der Waals surface area contributed by atoms with Crippen molar-refractivity contribution >= 4 is 34.7 Å². The van der Waals surface area contributed by atoms with E-state index in [1.54, 1.807) is 43.3 Å².